The molecule has 0 amide bonds. The molecular weight excluding hydrogens is 238 g/mol. The molecule has 0 bridgehead atoms. The SMILES string of the molecule is COc1ccc(C)cc1CCN(C)CC1(CO)CC1. The van der Waals surface area contributed by atoms with E-state index in [0.29, 0.717) is 6.61 Å². The van der Waals surface area contributed by atoms with E-state index in [4.69, 9.17) is 4.74 Å². The van der Waals surface area contributed by atoms with Crippen molar-refractivity contribution in [2.75, 3.05) is 33.9 Å². The summed E-state index contributed by atoms with van der Waals surface area (Å²) in [6.45, 7) is 4.43. The van der Waals surface area contributed by atoms with Crippen molar-refractivity contribution in [3.8, 4) is 5.75 Å². The van der Waals surface area contributed by atoms with Gasteiger partial charge >= 0.3 is 0 Å². The number of aryl methyl sites for hydroxylation is 1. The van der Waals surface area contributed by atoms with Crippen LogP contribution in [0.4, 0.5) is 0 Å². The summed E-state index contributed by atoms with van der Waals surface area (Å²) in [6.07, 6.45) is 3.33. The molecule has 0 unspecified atom stereocenters. The molecule has 1 aromatic carbocycles. The number of hydrogen-bond donors (Lipinski definition) is 1. The molecule has 0 aliphatic heterocycles. The summed E-state index contributed by atoms with van der Waals surface area (Å²) in [5.41, 5.74) is 2.74. The van der Waals surface area contributed by atoms with E-state index >= 15 is 0 Å². The Morgan fingerprint density at radius 2 is 2.11 bits per heavy atom. The van der Waals surface area contributed by atoms with Gasteiger partial charge in [0, 0.05) is 25.1 Å². The summed E-state index contributed by atoms with van der Waals surface area (Å²) in [6, 6.07) is 6.32. The maximum atomic E-state index is 9.36. The minimum absolute atomic E-state index is 0.200. The highest BCUT2D eigenvalue weighted by atomic mass is 16.5. The second-order valence-corrected chi connectivity index (χ2v) is 5.96. The Hall–Kier alpha value is -1.06. The maximum Gasteiger partial charge on any atom is 0.122 e. The first-order valence-electron chi connectivity index (χ1n) is 7.01. The van der Waals surface area contributed by atoms with E-state index in [1.54, 1.807) is 7.11 Å². The van der Waals surface area contributed by atoms with Crippen LogP contribution in [0.1, 0.15) is 24.0 Å². The molecule has 0 atom stereocenters. The fourth-order valence-electron chi connectivity index (χ4n) is 2.61. The molecule has 0 heterocycles. The van der Waals surface area contributed by atoms with Crippen molar-refractivity contribution in [2.24, 2.45) is 5.41 Å². The zero-order valence-electron chi connectivity index (χ0n) is 12.3. The minimum atomic E-state index is 0.200. The maximum absolute atomic E-state index is 9.36. The van der Waals surface area contributed by atoms with E-state index in [-0.39, 0.29) is 5.41 Å². The Labute approximate surface area is 116 Å². The molecule has 0 aromatic heterocycles. The van der Waals surface area contributed by atoms with Crippen LogP contribution >= 0.6 is 0 Å². The molecule has 106 valence electrons. The van der Waals surface area contributed by atoms with Crippen molar-refractivity contribution in [3.05, 3.63) is 29.3 Å². The zero-order chi connectivity index (χ0) is 13.9. The van der Waals surface area contributed by atoms with Gasteiger partial charge in [0.1, 0.15) is 5.75 Å². The van der Waals surface area contributed by atoms with E-state index < -0.39 is 0 Å². The van der Waals surface area contributed by atoms with Gasteiger partial charge in [0.2, 0.25) is 0 Å². The number of rotatable bonds is 7. The Bertz CT molecular complexity index is 427. The van der Waals surface area contributed by atoms with Gasteiger partial charge in [-0.2, -0.15) is 0 Å². The summed E-state index contributed by atoms with van der Waals surface area (Å²) in [4.78, 5) is 2.32. The summed E-state index contributed by atoms with van der Waals surface area (Å²) in [5.74, 6) is 0.974. The first-order chi connectivity index (χ1) is 9.08. The molecule has 0 radical (unpaired) electrons. The van der Waals surface area contributed by atoms with Crippen LogP contribution in [0.5, 0.6) is 5.75 Å². The lowest BCUT2D eigenvalue weighted by atomic mass is 10.1. The minimum Gasteiger partial charge on any atom is -0.496 e. The van der Waals surface area contributed by atoms with Gasteiger partial charge in [-0.1, -0.05) is 17.7 Å². The molecule has 0 spiro atoms. The second kappa shape index (κ2) is 5.93. The largest absolute Gasteiger partial charge is 0.496 e. The first kappa shape index (κ1) is 14.4. The average Bonchev–Trinajstić information content (AvgIpc) is 3.17. The number of benzene rings is 1. The molecule has 1 aliphatic carbocycles. The number of nitrogens with zero attached hydrogens (tertiary/aromatic N) is 1. The third kappa shape index (κ3) is 3.71. The molecule has 1 aromatic rings. The number of aliphatic hydroxyl groups excluding tert-OH is 1. The molecule has 1 N–H and O–H groups in total. The van der Waals surface area contributed by atoms with Crippen LogP contribution in [0.2, 0.25) is 0 Å². The third-order valence-electron chi connectivity index (χ3n) is 4.10. The van der Waals surface area contributed by atoms with Crippen LogP contribution < -0.4 is 4.74 Å². The van der Waals surface area contributed by atoms with Crippen LogP contribution in [0, 0.1) is 12.3 Å². The summed E-state index contributed by atoms with van der Waals surface area (Å²) >= 11 is 0. The van der Waals surface area contributed by atoms with Crippen molar-refractivity contribution in [2.45, 2.75) is 26.2 Å². The van der Waals surface area contributed by atoms with E-state index in [0.717, 1.165) is 25.3 Å². The highest BCUT2D eigenvalue weighted by Gasteiger charge is 2.42. The molecule has 1 aliphatic rings. The quantitative estimate of drug-likeness (QED) is 0.819. The zero-order valence-corrected chi connectivity index (χ0v) is 12.3. The molecule has 3 heteroatoms. The topological polar surface area (TPSA) is 32.7 Å². The van der Waals surface area contributed by atoms with Gasteiger partial charge in [-0.3, -0.25) is 0 Å². The van der Waals surface area contributed by atoms with Crippen molar-refractivity contribution < 1.29 is 9.84 Å². The third-order valence-corrected chi connectivity index (χ3v) is 4.10. The van der Waals surface area contributed by atoms with Crippen LogP contribution in [-0.4, -0.2) is 43.9 Å². The Morgan fingerprint density at radius 3 is 2.68 bits per heavy atom. The van der Waals surface area contributed by atoms with Crippen LogP contribution in [0.3, 0.4) is 0 Å². The first-order valence-corrected chi connectivity index (χ1v) is 7.01. The second-order valence-electron chi connectivity index (χ2n) is 5.96. The van der Waals surface area contributed by atoms with Crippen molar-refractivity contribution >= 4 is 0 Å². The standard InChI is InChI=1S/C16H25NO2/c1-13-4-5-15(19-3)14(10-13)6-9-17(2)11-16(12-18)7-8-16/h4-5,10,18H,6-9,11-12H2,1-3H3. The van der Waals surface area contributed by atoms with Crippen LogP contribution in [0.15, 0.2) is 18.2 Å². The predicted octanol–water partition coefficient (Wildman–Crippen LogP) is 2.25. The monoisotopic (exact) mass is 263 g/mol. The highest BCUT2D eigenvalue weighted by molar-refractivity contribution is 5.37. The van der Waals surface area contributed by atoms with Crippen molar-refractivity contribution in [1.82, 2.24) is 4.90 Å². The highest BCUT2D eigenvalue weighted by Crippen LogP contribution is 2.45. The number of aliphatic hydroxyl groups is 1. The van der Waals surface area contributed by atoms with Gasteiger partial charge in [0.15, 0.2) is 0 Å². The molecule has 1 saturated carbocycles. The molecular formula is C16H25NO2. The van der Waals surface area contributed by atoms with Crippen LogP contribution in [0.25, 0.3) is 0 Å². The molecule has 2 rings (SSSR count). The number of ether oxygens (including phenoxy) is 1. The number of hydrogen-bond acceptors (Lipinski definition) is 3. The van der Waals surface area contributed by atoms with Crippen molar-refractivity contribution in [3.63, 3.8) is 0 Å². The van der Waals surface area contributed by atoms with Crippen molar-refractivity contribution in [1.29, 1.82) is 0 Å². The van der Waals surface area contributed by atoms with Gasteiger partial charge in [-0.05, 0) is 44.9 Å². The fraction of sp³-hybridized carbons (Fsp3) is 0.625. The van der Waals surface area contributed by atoms with Gasteiger partial charge in [-0.15, -0.1) is 0 Å². The normalized spacial score (nSPS) is 16.7. The lowest BCUT2D eigenvalue weighted by Crippen LogP contribution is -2.30. The lowest BCUT2D eigenvalue weighted by molar-refractivity contribution is 0.164. The number of likely N-dealkylation sites (N-methyl/N-ethyl adjacent to an activating group) is 1. The van der Waals surface area contributed by atoms with Crippen LogP contribution in [-0.2, 0) is 6.42 Å². The van der Waals surface area contributed by atoms with E-state index in [2.05, 4.69) is 31.0 Å². The molecule has 3 nitrogen and oxygen atoms in total. The lowest BCUT2D eigenvalue weighted by Gasteiger charge is -2.22. The van der Waals surface area contributed by atoms with Gasteiger partial charge in [-0.25, -0.2) is 0 Å². The molecule has 1 fully saturated rings. The van der Waals surface area contributed by atoms with E-state index in [9.17, 15) is 5.11 Å². The van der Waals surface area contributed by atoms with Gasteiger partial charge < -0.3 is 14.7 Å². The van der Waals surface area contributed by atoms with E-state index in [1.165, 1.54) is 24.0 Å². The Morgan fingerprint density at radius 1 is 1.37 bits per heavy atom. The Kier molecular flexibility index (Phi) is 4.48. The smallest absolute Gasteiger partial charge is 0.122 e. The number of methoxy groups -OCH3 is 1. The summed E-state index contributed by atoms with van der Waals surface area (Å²) < 4.78 is 5.41. The summed E-state index contributed by atoms with van der Waals surface area (Å²) in [5, 5.41) is 9.36. The fourth-order valence-corrected chi connectivity index (χ4v) is 2.61. The molecule has 19 heavy (non-hydrogen) atoms. The van der Waals surface area contributed by atoms with Gasteiger partial charge in [0.05, 0.1) is 7.11 Å². The predicted molar refractivity (Wildman–Crippen MR) is 77.7 cm³/mol. The average molecular weight is 263 g/mol. The molecule has 0 saturated heterocycles. The summed E-state index contributed by atoms with van der Waals surface area (Å²) in [7, 11) is 3.86. The Balaban J connectivity index is 1.89. The van der Waals surface area contributed by atoms with E-state index in [1.807, 2.05) is 6.07 Å². The van der Waals surface area contributed by atoms with Gasteiger partial charge in [0.25, 0.3) is 0 Å².